The number of fused-ring (bicyclic) bond motifs is 1. The number of allylic oxidation sites excluding steroid dienone is 1. The Balaban J connectivity index is 2.02. The molecule has 1 N–H and O–H groups in total. The van der Waals surface area contributed by atoms with Gasteiger partial charge in [0.25, 0.3) is 5.56 Å². The van der Waals surface area contributed by atoms with Gasteiger partial charge in [-0.2, -0.15) is 5.26 Å². The highest BCUT2D eigenvalue weighted by atomic mass is 16.5. The summed E-state index contributed by atoms with van der Waals surface area (Å²) in [6.07, 6.45) is 1.68. The smallest absolute Gasteiger partial charge is 0.259 e. The summed E-state index contributed by atoms with van der Waals surface area (Å²) in [5, 5.41) is 9.94. The molecule has 3 aromatic rings. The highest BCUT2D eigenvalue weighted by molar-refractivity contribution is 5.89. The van der Waals surface area contributed by atoms with E-state index in [0.717, 1.165) is 11.3 Å². The molecule has 24 heavy (non-hydrogen) atoms. The standard InChI is InChI=1S/C19H15N3O2/c1-2-24-15-9-7-13(8-10-15)11-14(12-20)18-21-17-6-4-3-5-16(17)19(23)22-18/h3-11H,2H2,1H3,(H,21,22,23)/b14-11+. The Morgan fingerprint density at radius 1 is 1.25 bits per heavy atom. The van der Waals surface area contributed by atoms with Crippen LogP contribution in [0.1, 0.15) is 18.3 Å². The highest BCUT2D eigenvalue weighted by Gasteiger charge is 2.08. The minimum absolute atomic E-state index is 0.259. The summed E-state index contributed by atoms with van der Waals surface area (Å²) in [4.78, 5) is 19.2. The number of aromatic amines is 1. The number of nitrogens with zero attached hydrogens (tertiary/aromatic N) is 2. The summed E-state index contributed by atoms with van der Waals surface area (Å²) >= 11 is 0. The Hall–Kier alpha value is -3.39. The predicted octanol–water partition coefficient (Wildman–Crippen LogP) is 3.39. The van der Waals surface area contributed by atoms with Gasteiger partial charge in [-0.15, -0.1) is 0 Å². The van der Waals surface area contributed by atoms with Gasteiger partial charge in [-0.1, -0.05) is 24.3 Å². The van der Waals surface area contributed by atoms with Crippen molar-refractivity contribution in [3.63, 3.8) is 0 Å². The number of nitrogens with one attached hydrogen (secondary N) is 1. The fourth-order valence-electron chi connectivity index (χ4n) is 2.36. The Morgan fingerprint density at radius 3 is 2.71 bits per heavy atom. The zero-order valence-electron chi connectivity index (χ0n) is 13.1. The van der Waals surface area contributed by atoms with Crippen molar-refractivity contribution in [3.8, 4) is 11.8 Å². The number of rotatable bonds is 4. The van der Waals surface area contributed by atoms with Crippen LogP contribution < -0.4 is 10.3 Å². The van der Waals surface area contributed by atoms with Gasteiger partial charge < -0.3 is 9.72 Å². The zero-order chi connectivity index (χ0) is 16.9. The van der Waals surface area contributed by atoms with Crippen molar-refractivity contribution >= 4 is 22.6 Å². The maximum atomic E-state index is 12.1. The van der Waals surface area contributed by atoms with Crippen molar-refractivity contribution in [2.75, 3.05) is 6.61 Å². The molecular weight excluding hydrogens is 302 g/mol. The minimum Gasteiger partial charge on any atom is -0.494 e. The molecular formula is C19H15N3O2. The van der Waals surface area contributed by atoms with E-state index in [1.54, 1.807) is 30.3 Å². The van der Waals surface area contributed by atoms with Gasteiger partial charge in [-0.3, -0.25) is 4.79 Å². The molecule has 5 heteroatoms. The largest absolute Gasteiger partial charge is 0.494 e. The highest BCUT2D eigenvalue weighted by Crippen LogP contribution is 2.18. The fraction of sp³-hybridized carbons (Fsp3) is 0.105. The van der Waals surface area contributed by atoms with Gasteiger partial charge in [-0.05, 0) is 42.8 Å². The number of H-pyrrole nitrogens is 1. The lowest BCUT2D eigenvalue weighted by Crippen LogP contribution is -2.11. The molecule has 1 aromatic heterocycles. The van der Waals surface area contributed by atoms with E-state index in [1.807, 2.05) is 31.2 Å². The second-order valence-electron chi connectivity index (χ2n) is 5.10. The number of ether oxygens (including phenoxy) is 1. The monoisotopic (exact) mass is 317 g/mol. The average molecular weight is 317 g/mol. The van der Waals surface area contributed by atoms with Crippen LogP contribution in [0, 0.1) is 11.3 Å². The summed E-state index contributed by atoms with van der Waals surface area (Å²) in [7, 11) is 0. The lowest BCUT2D eigenvalue weighted by molar-refractivity contribution is 0.340. The van der Waals surface area contributed by atoms with E-state index in [0.29, 0.717) is 23.1 Å². The van der Waals surface area contributed by atoms with Gasteiger partial charge in [-0.25, -0.2) is 4.98 Å². The third-order valence-electron chi connectivity index (χ3n) is 3.49. The molecule has 0 aliphatic carbocycles. The van der Waals surface area contributed by atoms with Crippen LogP contribution in [-0.4, -0.2) is 16.6 Å². The second kappa shape index (κ2) is 6.80. The first-order chi connectivity index (χ1) is 11.7. The topological polar surface area (TPSA) is 78.8 Å². The molecule has 0 aliphatic heterocycles. The molecule has 0 saturated heterocycles. The van der Waals surface area contributed by atoms with Crippen LogP contribution >= 0.6 is 0 Å². The van der Waals surface area contributed by atoms with Crippen LogP contribution in [0.25, 0.3) is 22.6 Å². The van der Waals surface area contributed by atoms with Crippen molar-refractivity contribution in [2.24, 2.45) is 0 Å². The molecule has 118 valence electrons. The number of hydrogen-bond donors (Lipinski definition) is 1. The van der Waals surface area contributed by atoms with Crippen LogP contribution in [0.15, 0.2) is 53.3 Å². The second-order valence-corrected chi connectivity index (χ2v) is 5.10. The lowest BCUT2D eigenvalue weighted by atomic mass is 10.1. The molecule has 0 bridgehead atoms. The number of benzene rings is 2. The summed E-state index contributed by atoms with van der Waals surface area (Å²) in [5.41, 5.74) is 1.42. The van der Waals surface area contributed by atoms with E-state index in [4.69, 9.17) is 4.74 Å². The van der Waals surface area contributed by atoms with Crippen LogP contribution in [0.3, 0.4) is 0 Å². The predicted molar refractivity (Wildman–Crippen MR) is 93.5 cm³/mol. The summed E-state index contributed by atoms with van der Waals surface area (Å²) in [6, 6.07) is 16.5. The third kappa shape index (κ3) is 3.18. The number of hydrogen-bond acceptors (Lipinski definition) is 4. The van der Waals surface area contributed by atoms with E-state index in [9.17, 15) is 10.1 Å². The Labute approximate surface area is 138 Å². The molecule has 0 saturated carbocycles. The van der Waals surface area contributed by atoms with Crippen molar-refractivity contribution in [1.29, 1.82) is 5.26 Å². The molecule has 0 atom stereocenters. The van der Waals surface area contributed by atoms with Crippen LogP contribution in [-0.2, 0) is 0 Å². The van der Waals surface area contributed by atoms with E-state index >= 15 is 0 Å². The summed E-state index contributed by atoms with van der Waals surface area (Å²) in [6.45, 7) is 2.52. The Kier molecular flexibility index (Phi) is 4.39. The first kappa shape index (κ1) is 15.5. The molecule has 3 rings (SSSR count). The Morgan fingerprint density at radius 2 is 2.00 bits per heavy atom. The van der Waals surface area contributed by atoms with Gasteiger partial charge in [0.15, 0.2) is 5.82 Å². The van der Waals surface area contributed by atoms with E-state index < -0.39 is 0 Å². The number of aromatic nitrogens is 2. The van der Waals surface area contributed by atoms with Gasteiger partial charge in [0.2, 0.25) is 0 Å². The number of nitriles is 1. The maximum Gasteiger partial charge on any atom is 0.259 e. The summed E-state index contributed by atoms with van der Waals surface area (Å²) in [5.74, 6) is 1.03. The zero-order valence-corrected chi connectivity index (χ0v) is 13.1. The van der Waals surface area contributed by atoms with Crippen LogP contribution in [0.5, 0.6) is 5.75 Å². The molecule has 0 radical (unpaired) electrons. The van der Waals surface area contributed by atoms with E-state index in [2.05, 4.69) is 16.0 Å². The van der Waals surface area contributed by atoms with Crippen molar-refractivity contribution in [1.82, 2.24) is 9.97 Å². The molecule has 0 amide bonds. The van der Waals surface area contributed by atoms with Gasteiger partial charge >= 0.3 is 0 Å². The third-order valence-corrected chi connectivity index (χ3v) is 3.49. The Bertz CT molecular complexity index is 996. The van der Waals surface area contributed by atoms with E-state index in [1.165, 1.54) is 0 Å². The molecule has 0 spiro atoms. The molecule has 2 aromatic carbocycles. The minimum atomic E-state index is -0.261. The van der Waals surface area contributed by atoms with Gasteiger partial charge in [0.05, 0.1) is 23.1 Å². The van der Waals surface area contributed by atoms with E-state index in [-0.39, 0.29) is 11.4 Å². The van der Waals surface area contributed by atoms with Crippen LogP contribution in [0.2, 0.25) is 0 Å². The van der Waals surface area contributed by atoms with Crippen LogP contribution in [0.4, 0.5) is 0 Å². The maximum absolute atomic E-state index is 12.1. The fourth-order valence-corrected chi connectivity index (χ4v) is 2.36. The number of para-hydroxylation sites is 1. The molecule has 1 heterocycles. The van der Waals surface area contributed by atoms with Gasteiger partial charge in [0, 0.05) is 0 Å². The first-order valence-electron chi connectivity index (χ1n) is 7.55. The first-order valence-corrected chi connectivity index (χ1v) is 7.55. The molecule has 0 aliphatic rings. The van der Waals surface area contributed by atoms with Gasteiger partial charge in [0.1, 0.15) is 11.8 Å². The van der Waals surface area contributed by atoms with Crippen molar-refractivity contribution < 1.29 is 4.74 Å². The molecule has 0 fully saturated rings. The normalized spacial score (nSPS) is 11.2. The molecule has 5 nitrogen and oxygen atoms in total. The molecule has 0 unspecified atom stereocenters. The lowest BCUT2D eigenvalue weighted by Gasteiger charge is -2.04. The van der Waals surface area contributed by atoms with Crippen molar-refractivity contribution in [3.05, 3.63) is 70.3 Å². The SMILES string of the molecule is CCOc1ccc(/C=C(\C#N)c2nc3ccccc3c(=O)[nH]2)cc1. The average Bonchev–Trinajstić information content (AvgIpc) is 2.61. The summed E-state index contributed by atoms with van der Waals surface area (Å²) < 4.78 is 5.40. The quantitative estimate of drug-likeness (QED) is 0.748. The van der Waals surface area contributed by atoms with Crippen molar-refractivity contribution in [2.45, 2.75) is 6.92 Å².